The van der Waals surface area contributed by atoms with Crippen molar-refractivity contribution in [3.05, 3.63) is 92.7 Å². The summed E-state index contributed by atoms with van der Waals surface area (Å²) in [6.45, 7) is 0. The van der Waals surface area contributed by atoms with Crippen LogP contribution in [0.4, 0.5) is 18.9 Å². The van der Waals surface area contributed by atoms with Gasteiger partial charge in [-0.2, -0.15) is 0 Å². The van der Waals surface area contributed by atoms with E-state index < -0.39 is 45.3 Å². The molecule has 4 nitrogen and oxygen atoms in total. The van der Waals surface area contributed by atoms with Crippen LogP contribution in [-0.4, -0.2) is 23.1 Å². The molecule has 1 saturated carbocycles. The van der Waals surface area contributed by atoms with Crippen molar-refractivity contribution < 1.29 is 27.5 Å². The third-order valence-electron chi connectivity index (χ3n) is 5.82. The molecule has 1 aliphatic rings. The fraction of sp³-hybridized carbons (Fsp3) is 0.200. The molecule has 1 N–H and O–H groups in total. The number of benzene rings is 3. The Hall–Kier alpha value is -2.45. The van der Waals surface area contributed by atoms with E-state index in [2.05, 4.69) is 5.32 Å². The van der Waals surface area contributed by atoms with E-state index in [1.165, 1.54) is 37.4 Å². The van der Waals surface area contributed by atoms with E-state index in [1.54, 1.807) is 0 Å². The number of ketones is 1. The van der Waals surface area contributed by atoms with E-state index in [4.69, 9.17) is 51.1 Å². The molecule has 36 heavy (non-hydrogen) atoms. The first-order valence-corrected chi connectivity index (χ1v) is 11.9. The molecular formula is C25H16Cl4F3NO3. The average Bonchev–Trinajstić information content (AvgIpc) is 3.38. The maximum Gasteiger partial charge on any atom is 0.231 e. The lowest BCUT2D eigenvalue weighted by Crippen LogP contribution is -2.17. The third-order valence-corrected chi connectivity index (χ3v) is 7.37. The second-order valence-corrected chi connectivity index (χ2v) is 10.4. The Labute approximate surface area is 224 Å². The molecule has 3 aromatic carbocycles. The number of halogens is 7. The van der Waals surface area contributed by atoms with Gasteiger partial charge in [0.15, 0.2) is 17.3 Å². The Morgan fingerprint density at radius 3 is 2.33 bits per heavy atom. The molecule has 2 unspecified atom stereocenters. The largest absolute Gasteiger partial charge is 0.492 e. The summed E-state index contributed by atoms with van der Waals surface area (Å²) in [6.07, 6.45) is -0.371. The maximum atomic E-state index is 14.3. The van der Waals surface area contributed by atoms with Gasteiger partial charge in [-0.3, -0.25) is 9.59 Å². The summed E-state index contributed by atoms with van der Waals surface area (Å²) in [5, 5.41) is 2.70. The standard InChI is InChI=1S/C25H16Cl4F3NO3/c1-36-23-17(27)6-12(7-19(23)32)21-22(25(21,28)29)24(35)33-14-4-5-16(26)15(10-14)20(34)8-11-2-3-13(30)9-18(11)31/h2-7,9-10,21-22H,8H2,1H3,(H,33,35). The van der Waals surface area contributed by atoms with Crippen molar-refractivity contribution in [2.24, 2.45) is 5.92 Å². The minimum atomic E-state index is -1.53. The van der Waals surface area contributed by atoms with Crippen molar-refractivity contribution in [2.45, 2.75) is 16.7 Å². The van der Waals surface area contributed by atoms with Gasteiger partial charge in [0.1, 0.15) is 16.0 Å². The lowest BCUT2D eigenvalue weighted by molar-refractivity contribution is -0.117. The van der Waals surface area contributed by atoms with E-state index in [-0.39, 0.29) is 39.0 Å². The van der Waals surface area contributed by atoms with Crippen molar-refractivity contribution in [1.29, 1.82) is 0 Å². The number of carbonyl (C=O) groups is 2. The zero-order valence-corrected chi connectivity index (χ0v) is 21.4. The Kier molecular flexibility index (Phi) is 7.49. The molecule has 11 heteroatoms. The number of anilines is 1. The normalized spacial score (nSPS) is 18.0. The molecule has 0 spiro atoms. The Balaban J connectivity index is 1.52. The first-order valence-electron chi connectivity index (χ1n) is 10.4. The van der Waals surface area contributed by atoms with Gasteiger partial charge < -0.3 is 10.1 Å². The zero-order valence-electron chi connectivity index (χ0n) is 18.4. The summed E-state index contributed by atoms with van der Waals surface area (Å²) in [7, 11) is 1.27. The molecule has 3 aromatic rings. The van der Waals surface area contributed by atoms with Gasteiger partial charge in [-0.25, -0.2) is 13.2 Å². The van der Waals surface area contributed by atoms with Crippen LogP contribution in [0.5, 0.6) is 5.75 Å². The first kappa shape index (κ1) is 26.6. The van der Waals surface area contributed by atoms with Crippen LogP contribution in [-0.2, 0) is 11.2 Å². The van der Waals surface area contributed by atoms with Crippen LogP contribution < -0.4 is 10.1 Å². The van der Waals surface area contributed by atoms with Gasteiger partial charge in [-0.05, 0) is 47.5 Å². The molecule has 0 heterocycles. The van der Waals surface area contributed by atoms with Crippen LogP contribution in [0.3, 0.4) is 0 Å². The molecule has 4 rings (SSSR count). The highest BCUT2D eigenvalue weighted by atomic mass is 35.5. The fourth-order valence-electron chi connectivity index (χ4n) is 3.99. The van der Waals surface area contributed by atoms with Gasteiger partial charge in [0.25, 0.3) is 0 Å². The summed E-state index contributed by atoms with van der Waals surface area (Å²) in [4.78, 5) is 25.7. The second kappa shape index (κ2) is 10.1. The molecule has 0 aliphatic heterocycles. The predicted molar refractivity (Wildman–Crippen MR) is 133 cm³/mol. The summed E-state index contributed by atoms with van der Waals surface area (Å²) in [5.74, 6) is -5.33. The molecule has 188 valence electrons. The molecule has 0 saturated heterocycles. The topological polar surface area (TPSA) is 55.4 Å². The van der Waals surface area contributed by atoms with E-state index >= 15 is 0 Å². The number of amides is 1. The number of nitrogens with one attached hydrogen (secondary N) is 1. The highest BCUT2D eigenvalue weighted by Crippen LogP contribution is 2.65. The molecule has 0 aromatic heterocycles. The summed E-state index contributed by atoms with van der Waals surface area (Å²) in [5.41, 5.74) is 0.544. The van der Waals surface area contributed by atoms with Crippen LogP contribution in [0.15, 0.2) is 48.5 Å². The molecule has 2 atom stereocenters. The molecule has 1 aliphatic carbocycles. The smallest absolute Gasteiger partial charge is 0.231 e. The number of carbonyl (C=O) groups excluding carboxylic acids is 2. The Bertz CT molecular complexity index is 1360. The maximum absolute atomic E-state index is 14.3. The van der Waals surface area contributed by atoms with E-state index in [9.17, 15) is 22.8 Å². The average molecular weight is 577 g/mol. The quantitative estimate of drug-likeness (QED) is 0.236. The predicted octanol–water partition coefficient (Wildman–Crippen LogP) is 7.37. The van der Waals surface area contributed by atoms with Crippen molar-refractivity contribution in [2.75, 3.05) is 12.4 Å². The van der Waals surface area contributed by atoms with Crippen LogP contribution in [0, 0.1) is 23.4 Å². The van der Waals surface area contributed by atoms with Gasteiger partial charge >= 0.3 is 0 Å². The number of methoxy groups -OCH3 is 1. The summed E-state index contributed by atoms with van der Waals surface area (Å²) in [6, 6.07) is 9.65. The highest BCUT2D eigenvalue weighted by Gasteiger charge is 2.67. The van der Waals surface area contributed by atoms with Crippen molar-refractivity contribution >= 4 is 63.8 Å². The molecule has 0 radical (unpaired) electrons. The first-order chi connectivity index (χ1) is 16.9. The fourth-order valence-corrected chi connectivity index (χ4v) is 5.34. The van der Waals surface area contributed by atoms with Gasteiger partial charge in [0.2, 0.25) is 5.91 Å². The minimum Gasteiger partial charge on any atom is -0.492 e. The van der Waals surface area contributed by atoms with Crippen molar-refractivity contribution in [3.8, 4) is 5.75 Å². The van der Waals surface area contributed by atoms with Gasteiger partial charge in [0.05, 0.1) is 23.1 Å². The molecule has 0 bridgehead atoms. The SMILES string of the molecule is COc1c(F)cc(C2C(C(=O)Nc3ccc(Cl)c(C(=O)Cc4ccc(F)cc4F)c3)C2(Cl)Cl)cc1Cl. The lowest BCUT2D eigenvalue weighted by atomic mass is 10.0. The van der Waals surface area contributed by atoms with Gasteiger partial charge in [-0.15, -0.1) is 23.2 Å². The number of Topliss-reactive ketones (excluding diaryl/α,β-unsaturated/α-hetero) is 1. The monoisotopic (exact) mass is 575 g/mol. The molecule has 1 amide bonds. The molecular weight excluding hydrogens is 561 g/mol. The minimum absolute atomic E-state index is 0.00105. The van der Waals surface area contributed by atoms with Crippen LogP contribution in [0.1, 0.15) is 27.4 Å². The number of ether oxygens (including phenoxy) is 1. The number of hydrogen-bond acceptors (Lipinski definition) is 3. The van der Waals surface area contributed by atoms with Crippen LogP contribution >= 0.6 is 46.4 Å². The van der Waals surface area contributed by atoms with E-state index in [1.807, 2.05) is 0 Å². The van der Waals surface area contributed by atoms with E-state index in [0.717, 1.165) is 12.1 Å². The number of rotatable bonds is 7. The molecule has 1 fully saturated rings. The summed E-state index contributed by atoms with van der Waals surface area (Å²) < 4.78 is 44.8. The Morgan fingerprint density at radius 1 is 0.972 bits per heavy atom. The Morgan fingerprint density at radius 2 is 1.69 bits per heavy atom. The number of hydrogen-bond donors (Lipinski definition) is 1. The van der Waals surface area contributed by atoms with Crippen LogP contribution in [0.2, 0.25) is 10.0 Å². The number of alkyl halides is 2. The van der Waals surface area contributed by atoms with Crippen molar-refractivity contribution in [1.82, 2.24) is 0 Å². The van der Waals surface area contributed by atoms with E-state index in [0.29, 0.717) is 11.6 Å². The van der Waals surface area contributed by atoms with Crippen LogP contribution in [0.25, 0.3) is 0 Å². The zero-order chi connectivity index (χ0) is 26.4. The lowest BCUT2D eigenvalue weighted by Gasteiger charge is -2.10. The van der Waals surface area contributed by atoms with Gasteiger partial charge in [0, 0.05) is 29.7 Å². The third kappa shape index (κ3) is 5.16. The second-order valence-electron chi connectivity index (χ2n) is 8.17. The van der Waals surface area contributed by atoms with Gasteiger partial charge in [-0.1, -0.05) is 29.3 Å². The highest BCUT2D eigenvalue weighted by molar-refractivity contribution is 6.53. The van der Waals surface area contributed by atoms with Crippen molar-refractivity contribution in [3.63, 3.8) is 0 Å². The summed E-state index contributed by atoms with van der Waals surface area (Å²) >= 11 is 24.9.